The third-order valence-electron chi connectivity index (χ3n) is 4.12. The maximum Gasteiger partial charge on any atom is 0.246 e. The summed E-state index contributed by atoms with van der Waals surface area (Å²) in [5, 5.41) is 11.1. The molecule has 0 bridgehead atoms. The van der Waals surface area contributed by atoms with Crippen LogP contribution in [0.1, 0.15) is 45.0 Å². The van der Waals surface area contributed by atoms with Gasteiger partial charge in [0, 0.05) is 24.8 Å². The van der Waals surface area contributed by atoms with E-state index in [-0.39, 0.29) is 18.1 Å². The quantitative estimate of drug-likeness (QED) is 0.707. The lowest BCUT2D eigenvalue weighted by Gasteiger charge is -2.33. The summed E-state index contributed by atoms with van der Waals surface area (Å²) >= 11 is 13.5. The minimum Gasteiger partial charge on any atom is -0.294 e. The highest BCUT2D eigenvalue weighted by molar-refractivity contribution is 8.04. The number of halogens is 2. The van der Waals surface area contributed by atoms with Crippen molar-refractivity contribution in [3.63, 3.8) is 0 Å². The van der Waals surface area contributed by atoms with Crippen LogP contribution in [-0.4, -0.2) is 26.6 Å². The van der Waals surface area contributed by atoms with Crippen LogP contribution in [0.25, 0.3) is 5.70 Å². The highest BCUT2D eigenvalue weighted by Crippen LogP contribution is 2.41. The third-order valence-corrected chi connectivity index (χ3v) is 5.92. The van der Waals surface area contributed by atoms with E-state index in [4.69, 9.17) is 23.2 Å². The summed E-state index contributed by atoms with van der Waals surface area (Å²) in [5.41, 5.74) is 1.12. The number of benzene rings is 1. The molecule has 0 N–H and O–H groups in total. The summed E-state index contributed by atoms with van der Waals surface area (Å²) in [4.78, 5) is 26.1. The van der Waals surface area contributed by atoms with E-state index >= 15 is 0 Å². The van der Waals surface area contributed by atoms with Gasteiger partial charge in [-0.15, -0.1) is 10.2 Å². The Morgan fingerprint density at radius 2 is 1.81 bits per heavy atom. The lowest BCUT2D eigenvalue weighted by Crippen LogP contribution is -2.42. The monoisotopic (exact) mass is 424 g/mol. The smallest absolute Gasteiger partial charge is 0.246 e. The summed E-state index contributed by atoms with van der Waals surface area (Å²) in [6.07, 6.45) is 1.15. The predicted molar refractivity (Wildman–Crippen MR) is 107 cm³/mol. The standard InChI is InChI=1S/C18H18Cl2N4O2S/c1-4-13(25)17-16(10-7-8-11(19)12(20)9-10)24(15(26)6-3)23-14(5-2)21-22-18(23)27-17/h7-9H,4-6H2,1-3H3. The number of allylic oxidation sites excluding steroid dienone is 1. The molecule has 3 rings (SSSR count). The van der Waals surface area contributed by atoms with Gasteiger partial charge in [0.2, 0.25) is 11.1 Å². The highest BCUT2D eigenvalue weighted by atomic mass is 35.5. The van der Waals surface area contributed by atoms with Gasteiger partial charge in [0.05, 0.1) is 20.6 Å². The molecule has 0 aliphatic carbocycles. The Morgan fingerprint density at radius 1 is 1.07 bits per heavy atom. The zero-order valence-corrected chi connectivity index (χ0v) is 17.5. The van der Waals surface area contributed by atoms with Crippen LogP contribution in [0.4, 0.5) is 0 Å². The molecule has 9 heteroatoms. The van der Waals surface area contributed by atoms with Gasteiger partial charge in [0.15, 0.2) is 11.6 Å². The molecule has 27 heavy (non-hydrogen) atoms. The largest absolute Gasteiger partial charge is 0.294 e. The highest BCUT2D eigenvalue weighted by Gasteiger charge is 2.36. The molecule has 0 unspecified atom stereocenters. The first-order chi connectivity index (χ1) is 12.9. The molecule has 1 aliphatic rings. The van der Waals surface area contributed by atoms with Crippen molar-refractivity contribution in [3.8, 4) is 0 Å². The summed E-state index contributed by atoms with van der Waals surface area (Å²) in [5.74, 6) is 0.385. The molecule has 1 aromatic heterocycles. The summed E-state index contributed by atoms with van der Waals surface area (Å²) in [7, 11) is 0. The van der Waals surface area contributed by atoms with E-state index < -0.39 is 0 Å². The fourth-order valence-electron chi connectivity index (χ4n) is 2.75. The molecule has 2 aromatic rings. The molecule has 1 aliphatic heterocycles. The minimum atomic E-state index is -0.173. The zero-order valence-electron chi connectivity index (χ0n) is 15.1. The Kier molecular flexibility index (Phi) is 5.93. The summed E-state index contributed by atoms with van der Waals surface area (Å²) in [6.45, 7) is 5.49. The molecule has 1 amide bonds. The number of nitrogens with zero attached hydrogens (tertiary/aromatic N) is 4. The fourth-order valence-corrected chi connectivity index (χ4v) is 4.14. The molecular weight excluding hydrogens is 407 g/mol. The molecular formula is C18H18Cl2N4O2S. The second-order valence-electron chi connectivity index (χ2n) is 5.81. The second kappa shape index (κ2) is 8.04. The summed E-state index contributed by atoms with van der Waals surface area (Å²) in [6, 6.07) is 5.07. The first kappa shape index (κ1) is 19.9. The van der Waals surface area contributed by atoms with Crippen LogP contribution in [0, 0.1) is 0 Å². The van der Waals surface area contributed by atoms with Gasteiger partial charge in [-0.05, 0) is 23.9 Å². The van der Waals surface area contributed by atoms with Gasteiger partial charge in [-0.2, -0.15) is 0 Å². The van der Waals surface area contributed by atoms with Crippen molar-refractivity contribution < 1.29 is 9.59 Å². The van der Waals surface area contributed by atoms with Crippen LogP contribution in [0.3, 0.4) is 0 Å². The number of rotatable bonds is 5. The first-order valence-electron chi connectivity index (χ1n) is 8.61. The number of hydrogen-bond donors (Lipinski definition) is 0. The van der Waals surface area contributed by atoms with Crippen molar-refractivity contribution in [2.45, 2.75) is 45.2 Å². The number of fused-ring (bicyclic) bond motifs is 1. The van der Waals surface area contributed by atoms with Crippen molar-refractivity contribution in [1.82, 2.24) is 14.9 Å². The van der Waals surface area contributed by atoms with Gasteiger partial charge in [-0.3, -0.25) is 9.59 Å². The SMILES string of the molecule is CCC(=O)C1=C(c2ccc(Cl)c(Cl)c2)N(C(=O)CC)n2c(CC)nnc2S1. The number of aryl methyl sites for hydroxylation is 1. The number of aromatic nitrogens is 3. The van der Waals surface area contributed by atoms with Crippen LogP contribution in [0.5, 0.6) is 0 Å². The maximum atomic E-state index is 12.9. The van der Waals surface area contributed by atoms with Gasteiger partial charge in [-0.1, -0.05) is 50.0 Å². The van der Waals surface area contributed by atoms with Gasteiger partial charge >= 0.3 is 0 Å². The molecule has 0 atom stereocenters. The van der Waals surface area contributed by atoms with Crippen LogP contribution < -0.4 is 5.01 Å². The van der Waals surface area contributed by atoms with E-state index in [2.05, 4.69) is 10.2 Å². The molecule has 0 fully saturated rings. The van der Waals surface area contributed by atoms with E-state index in [9.17, 15) is 9.59 Å². The Hall–Kier alpha value is -1.83. The molecule has 0 saturated carbocycles. The summed E-state index contributed by atoms with van der Waals surface area (Å²) < 4.78 is 1.68. The van der Waals surface area contributed by atoms with Crippen molar-refractivity contribution in [2.24, 2.45) is 0 Å². The van der Waals surface area contributed by atoms with Crippen LogP contribution in [0.2, 0.25) is 10.0 Å². The van der Waals surface area contributed by atoms with E-state index in [0.29, 0.717) is 50.0 Å². The van der Waals surface area contributed by atoms with Gasteiger partial charge in [0.25, 0.3) is 0 Å². The second-order valence-corrected chi connectivity index (χ2v) is 7.60. The lowest BCUT2D eigenvalue weighted by atomic mass is 10.1. The van der Waals surface area contributed by atoms with E-state index in [0.717, 1.165) is 0 Å². The van der Waals surface area contributed by atoms with Gasteiger partial charge < -0.3 is 0 Å². The van der Waals surface area contributed by atoms with Crippen molar-refractivity contribution in [3.05, 3.63) is 44.5 Å². The lowest BCUT2D eigenvalue weighted by molar-refractivity contribution is -0.119. The Labute approximate surface area is 171 Å². The topological polar surface area (TPSA) is 68.1 Å². The predicted octanol–water partition coefficient (Wildman–Crippen LogP) is 4.48. The van der Waals surface area contributed by atoms with Crippen molar-refractivity contribution in [2.75, 3.05) is 5.01 Å². The fraction of sp³-hybridized carbons (Fsp3) is 0.333. The number of carbonyl (C=O) groups is 2. The number of carbonyl (C=O) groups excluding carboxylic acids is 2. The number of amides is 1. The molecule has 0 radical (unpaired) electrons. The van der Waals surface area contributed by atoms with Crippen LogP contribution >= 0.6 is 35.0 Å². The number of ketones is 1. The maximum absolute atomic E-state index is 12.9. The molecule has 0 saturated heterocycles. The molecule has 1 aromatic carbocycles. The van der Waals surface area contributed by atoms with E-state index in [1.54, 1.807) is 36.7 Å². The van der Waals surface area contributed by atoms with Crippen LogP contribution in [0.15, 0.2) is 28.3 Å². The first-order valence-corrected chi connectivity index (χ1v) is 10.2. The molecule has 6 nitrogen and oxygen atoms in total. The van der Waals surface area contributed by atoms with Gasteiger partial charge in [-0.25, -0.2) is 9.69 Å². The van der Waals surface area contributed by atoms with E-state index in [1.807, 2.05) is 6.92 Å². The molecule has 2 heterocycles. The molecule has 0 spiro atoms. The average Bonchev–Trinajstić information content (AvgIpc) is 3.10. The normalized spacial score (nSPS) is 13.7. The third kappa shape index (κ3) is 3.51. The zero-order chi connectivity index (χ0) is 19.7. The number of thioether (sulfide) groups is 1. The van der Waals surface area contributed by atoms with Crippen LogP contribution in [-0.2, 0) is 16.0 Å². The Bertz CT molecular complexity index is 955. The van der Waals surface area contributed by atoms with Gasteiger partial charge in [0.1, 0.15) is 0 Å². The number of hydrogen-bond acceptors (Lipinski definition) is 5. The minimum absolute atomic E-state index is 0.0812. The average molecular weight is 425 g/mol. The Morgan fingerprint density at radius 3 is 2.41 bits per heavy atom. The van der Waals surface area contributed by atoms with E-state index in [1.165, 1.54) is 16.8 Å². The number of Topliss-reactive ketones (excluding diaryl/α,β-unsaturated/α-hetero) is 1. The van der Waals surface area contributed by atoms with Crippen molar-refractivity contribution in [1.29, 1.82) is 0 Å². The van der Waals surface area contributed by atoms with Crippen molar-refractivity contribution >= 4 is 52.4 Å². The Balaban J connectivity index is 2.32. The molecule has 142 valence electrons.